The molecule has 24 heavy (non-hydrogen) atoms. The summed E-state index contributed by atoms with van der Waals surface area (Å²) in [5, 5.41) is 3.13. The molecule has 0 atom stereocenters. The summed E-state index contributed by atoms with van der Waals surface area (Å²) in [6.45, 7) is 3.47. The minimum absolute atomic E-state index is 0.0508. The first-order valence-electron chi connectivity index (χ1n) is 8.31. The van der Waals surface area contributed by atoms with Gasteiger partial charge in [-0.3, -0.25) is 9.78 Å². The highest BCUT2D eigenvalue weighted by Crippen LogP contribution is 2.26. The Labute approximate surface area is 142 Å². The van der Waals surface area contributed by atoms with Crippen molar-refractivity contribution >= 4 is 11.6 Å². The fraction of sp³-hybridized carbons (Fsp3) is 0.368. The van der Waals surface area contributed by atoms with Crippen molar-refractivity contribution in [1.82, 2.24) is 9.88 Å². The first-order valence-corrected chi connectivity index (χ1v) is 8.31. The van der Waals surface area contributed by atoms with Crippen LogP contribution in [-0.2, 0) is 0 Å². The number of aromatic nitrogens is 1. The fourth-order valence-electron chi connectivity index (χ4n) is 2.91. The molecule has 5 heteroatoms. The molecular formula is C19H23N3O2. The number of piperidine rings is 1. The quantitative estimate of drug-likeness (QED) is 0.938. The van der Waals surface area contributed by atoms with Crippen molar-refractivity contribution in [2.75, 3.05) is 25.5 Å². The zero-order valence-electron chi connectivity index (χ0n) is 14.2. The van der Waals surface area contributed by atoms with E-state index in [4.69, 9.17) is 4.74 Å². The molecule has 1 aromatic carbocycles. The van der Waals surface area contributed by atoms with E-state index in [0.29, 0.717) is 18.7 Å². The molecule has 0 spiro atoms. The topological polar surface area (TPSA) is 54.5 Å². The number of hydrogen-bond donors (Lipinski definition) is 1. The van der Waals surface area contributed by atoms with Crippen LogP contribution < -0.4 is 10.1 Å². The predicted octanol–water partition coefficient (Wildman–Crippen LogP) is 3.12. The first kappa shape index (κ1) is 16.3. The highest BCUT2D eigenvalue weighted by Gasteiger charge is 2.25. The number of ether oxygens (including phenoxy) is 1. The molecule has 1 aromatic heterocycles. The van der Waals surface area contributed by atoms with Crippen molar-refractivity contribution in [1.29, 1.82) is 0 Å². The van der Waals surface area contributed by atoms with Gasteiger partial charge in [0.2, 0.25) is 0 Å². The third-order valence-electron chi connectivity index (χ3n) is 4.41. The van der Waals surface area contributed by atoms with Gasteiger partial charge in [0, 0.05) is 57.1 Å². The first-order chi connectivity index (χ1) is 11.7. The Hall–Kier alpha value is -2.56. The monoisotopic (exact) mass is 325 g/mol. The predicted molar refractivity (Wildman–Crippen MR) is 94.5 cm³/mol. The molecule has 126 valence electrons. The Bertz CT molecular complexity index is 695. The van der Waals surface area contributed by atoms with E-state index in [2.05, 4.69) is 23.3 Å². The minimum Gasteiger partial charge on any atom is -0.490 e. The van der Waals surface area contributed by atoms with Crippen LogP contribution in [0.15, 0.2) is 42.7 Å². The zero-order chi connectivity index (χ0) is 16.9. The van der Waals surface area contributed by atoms with E-state index in [1.54, 1.807) is 18.5 Å². The Morgan fingerprint density at radius 3 is 2.75 bits per heavy atom. The number of amides is 1. The average Bonchev–Trinajstić information content (AvgIpc) is 2.64. The summed E-state index contributed by atoms with van der Waals surface area (Å²) in [4.78, 5) is 18.3. The van der Waals surface area contributed by atoms with E-state index in [9.17, 15) is 4.79 Å². The van der Waals surface area contributed by atoms with Crippen molar-refractivity contribution in [2.24, 2.45) is 0 Å². The number of anilines is 1. The normalized spacial score (nSPS) is 15.2. The molecule has 0 saturated carbocycles. The van der Waals surface area contributed by atoms with Gasteiger partial charge in [0.1, 0.15) is 11.9 Å². The van der Waals surface area contributed by atoms with Crippen LogP contribution in [-0.4, -0.2) is 42.0 Å². The Kier molecular flexibility index (Phi) is 4.99. The molecule has 0 aliphatic carbocycles. The number of rotatable bonds is 4. The fourth-order valence-corrected chi connectivity index (χ4v) is 2.91. The lowest BCUT2D eigenvalue weighted by Crippen LogP contribution is -2.41. The molecule has 0 radical (unpaired) electrons. The van der Waals surface area contributed by atoms with E-state index < -0.39 is 0 Å². The van der Waals surface area contributed by atoms with Crippen molar-refractivity contribution in [3.63, 3.8) is 0 Å². The van der Waals surface area contributed by atoms with Crippen LogP contribution in [0.1, 0.15) is 28.8 Å². The van der Waals surface area contributed by atoms with Crippen LogP contribution in [0.3, 0.4) is 0 Å². The summed E-state index contributed by atoms with van der Waals surface area (Å²) in [5.74, 6) is 0.966. The van der Waals surface area contributed by atoms with Crippen LogP contribution in [0.4, 0.5) is 5.69 Å². The van der Waals surface area contributed by atoms with E-state index >= 15 is 0 Å². The molecule has 5 nitrogen and oxygen atoms in total. The Balaban J connectivity index is 1.58. The molecular weight excluding hydrogens is 302 g/mol. The summed E-state index contributed by atoms with van der Waals surface area (Å²) in [6.07, 6.45) is 5.13. The van der Waals surface area contributed by atoms with E-state index in [0.717, 1.165) is 29.8 Å². The summed E-state index contributed by atoms with van der Waals surface area (Å²) in [5.41, 5.74) is 2.82. The summed E-state index contributed by atoms with van der Waals surface area (Å²) in [6, 6.07) is 9.73. The average molecular weight is 325 g/mol. The van der Waals surface area contributed by atoms with Crippen LogP contribution in [0, 0.1) is 6.92 Å². The zero-order valence-corrected chi connectivity index (χ0v) is 14.2. The van der Waals surface area contributed by atoms with Gasteiger partial charge in [-0.15, -0.1) is 0 Å². The highest BCUT2D eigenvalue weighted by atomic mass is 16.5. The molecule has 1 aliphatic rings. The van der Waals surface area contributed by atoms with Crippen molar-refractivity contribution in [3.8, 4) is 5.75 Å². The summed E-state index contributed by atoms with van der Waals surface area (Å²) < 4.78 is 6.17. The third kappa shape index (κ3) is 3.67. The molecule has 1 N–H and O–H groups in total. The number of nitrogens with one attached hydrogen (secondary N) is 1. The third-order valence-corrected chi connectivity index (χ3v) is 4.41. The minimum atomic E-state index is 0.0508. The van der Waals surface area contributed by atoms with Gasteiger partial charge in [0.05, 0.1) is 5.56 Å². The number of carbonyl (C=O) groups excluding carboxylic acids is 1. The van der Waals surface area contributed by atoms with Gasteiger partial charge in [-0.1, -0.05) is 6.07 Å². The van der Waals surface area contributed by atoms with Gasteiger partial charge in [-0.05, 0) is 30.7 Å². The van der Waals surface area contributed by atoms with Gasteiger partial charge in [-0.2, -0.15) is 0 Å². The van der Waals surface area contributed by atoms with Crippen LogP contribution in [0.5, 0.6) is 5.75 Å². The molecule has 1 fully saturated rings. The number of pyridine rings is 1. The smallest absolute Gasteiger partial charge is 0.255 e. The van der Waals surface area contributed by atoms with Crippen LogP contribution >= 0.6 is 0 Å². The number of hydrogen-bond acceptors (Lipinski definition) is 4. The molecule has 0 unspecified atom stereocenters. The molecule has 0 bridgehead atoms. The number of aryl methyl sites for hydroxylation is 1. The standard InChI is InChI=1S/C19H23N3O2/c1-14-5-6-16(20-2)12-18(14)24-17-7-10-22(11-8-17)19(23)15-4-3-9-21-13-15/h3-6,9,12-13,17,20H,7-8,10-11H2,1-2H3. The van der Waals surface area contributed by atoms with Gasteiger partial charge in [-0.25, -0.2) is 0 Å². The van der Waals surface area contributed by atoms with E-state index in [1.165, 1.54) is 0 Å². The number of likely N-dealkylation sites (tertiary alicyclic amines) is 1. The molecule has 2 aromatic rings. The SMILES string of the molecule is CNc1ccc(C)c(OC2CCN(C(=O)c3cccnc3)CC2)c1. The largest absolute Gasteiger partial charge is 0.490 e. The maximum Gasteiger partial charge on any atom is 0.255 e. The van der Waals surface area contributed by atoms with Gasteiger partial charge < -0.3 is 15.0 Å². The lowest BCUT2D eigenvalue weighted by atomic mass is 10.1. The van der Waals surface area contributed by atoms with Gasteiger partial charge in [0.15, 0.2) is 0 Å². The van der Waals surface area contributed by atoms with Crippen molar-refractivity contribution in [3.05, 3.63) is 53.9 Å². The molecule has 1 saturated heterocycles. The Morgan fingerprint density at radius 1 is 1.29 bits per heavy atom. The Morgan fingerprint density at radius 2 is 2.08 bits per heavy atom. The molecule has 2 heterocycles. The van der Waals surface area contributed by atoms with Gasteiger partial charge >= 0.3 is 0 Å². The number of nitrogens with zero attached hydrogens (tertiary/aromatic N) is 2. The number of carbonyl (C=O) groups is 1. The maximum absolute atomic E-state index is 12.4. The lowest BCUT2D eigenvalue weighted by molar-refractivity contribution is 0.0594. The highest BCUT2D eigenvalue weighted by molar-refractivity contribution is 5.93. The van der Waals surface area contributed by atoms with E-state index in [1.807, 2.05) is 30.1 Å². The van der Waals surface area contributed by atoms with Crippen molar-refractivity contribution < 1.29 is 9.53 Å². The summed E-state index contributed by atoms with van der Waals surface area (Å²) >= 11 is 0. The second-order valence-electron chi connectivity index (χ2n) is 6.08. The van der Waals surface area contributed by atoms with E-state index in [-0.39, 0.29) is 12.0 Å². The molecule has 3 rings (SSSR count). The lowest BCUT2D eigenvalue weighted by Gasteiger charge is -2.32. The maximum atomic E-state index is 12.4. The second kappa shape index (κ2) is 7.34. The number of benzene rings is 1. The molecule has 1 aliphatic heterocycles. The van der Waals surface area contributed by atoms with Crippen LogP contribution in [0.2, 0.25) is 0 Å². The van der Waals surface area contributed by atoms with Crippen molar-refractivity contribution in [2.45, 2.75) is 25.9 Å². The molecule has 1 amide bonds. The summed E-state index contributed by atoms with van der Waals surface area (Å²) in [7, 11) is 1.90. The van der Waals surface area contributed by atoms with Gasteiger partial charge in [0.25, 0.3) is 5.91 Å². The second-order valence-corrected chi connectivity index (χ2v) is 6.08. The van der Waals surface area contributed by atoms with Crippen LogP contribution in [0.25, 0.3) is 0 Å².